The zero-order valence-corrected chi connectivity index (χ0v) is 11.8. The molecule has 0 spiro atoms. The van der Waals surface area contributed by atoms with E-state index in [1.807, 2.05) is 37.3 Å². The van der Waals surface area contributed by atoms with E-state index in [1.165, 1.54) is 4.57 Å². The van der Waals surface area contributed by atoms with Gasteiger partial charge in [-0.25, -0.2) is 4.79 Å². The van der Waals surface area contributed by atoms with Crippen LogP contribution in [0.1, 0.15) is 11.4 Å². The van der Waals surface area contributed by atoms with Crippen molar-refractivity contribution in [2.75, 3.05) is 0 Å². The summed E-state index contributed by atoms with van der Waals surface area (Å²) in [5.74, 6) is 0.723. The van der Waals surface area contributed by atoms with Gasteiger partial charge in [-0.05, 0) is 41.9 Å². The Balaban J connectivity index is 2.25. The highest BCUT2D eigenvalue weighted by atomic mass is 79.9. The maximum Gasteiger partial charge on any atom is 0.350 e. The van der Waals surface area contributed by atoms with E-state index in [4.69, 9.17) is 4.74 Å². The number of aromatic nitrogens is 2. The Morgan fingerprint density at radius 3 is 2.61 bits per heavy atom. The molecule has 94 valence electrons. The van der Waals surface area contributed by atoms with Gasteiger partial charge >= 0.3 is 5.69 Å². The lowest BCUT2D eigenvalue weighted by Crippen LogP contribution is -2.28. The number of halogens is 1. The van der Waals surface area contributed by atoms with E-state index in [0.717, 1.165) is 15.9 Å². The number of hydrogen-bond donors (Lipinski definition) is 0. The minimum Gasteiger partial charge on any atom is -0.473 e. The second kappa shape index (κ2) is 5.35. The van der Waals surface area contributed by atoms with Crippen molar-refractivity contribution >= 4 is 15.9 Å². The van der Waals surface area contributed by atoms with Crippen molar-refractivity contribution in [3.63, 3.8) is 0 Å². The first-order valence-electron chi connectivity index (χ1n) is 5.51. The minimum absolute atomic E-state index is 0.153. The number of rotatable bonds is 3. The van der Waals surface area contributed by atoms with Gasteiger partial charge in [0.1, 0.15) is 5.75 Å². The average molecular weight is 309 g/mol. The van der Waals surface area contributed by atoms with Crippen molar-refractivity contribution in [3.8, 4) is 5.75 Å². The largest absolute Gasteiger partial charge is 0.473 e. The normalized spacial score (nSPS) is 10.4. The number of hydrogen-bond acceptors (Lipinski definition) is 3. The van der Waals surface area contributed by atoms with Gasteiger partial charge in [0.05, 0.1) is 10.2 Å². The summed E-state index contributed by atoms with van der Waals surface area (Å²) in [7, 11) is 0. The van der Waals surface area contributed by atoms with E-state index in [0.29, 0.717) is 5.69 Å². The van der Waals surface area contributed by atoms with Gasteiger partial charge in [0, 0.05) is 5.69 Å². The summed E-state index contributed by atoms with van der Waals surface area (Å²) in [6.07, 6.45) is 0. The molecule has 0 fully saturated rings. The van der Waals surface area contributed by atoms with Crippen LogP contribution in [0.3, 0.4) is 0 Å². The van der Waals surface area contributed by atoms with Crippen LogP contribution >= 0.6 is 15.9 Å². The Hall–Kier alpha value is -1.62. The maximum absolute atomic E-state index is 11.8. The molecule has 0 saturated heterocycles. The second-order valence-electron chi connectivity index (χ2n) is 3.89. The minimum atomic E-state index is -0.302. The Kier molecular flexibility index (Phi) is 3.81. The van der Waals surface area contributed by atoms with Gasteiger partial charge in [0.25, 0.3) is 0 Å². The number of ether oxygens (including phenoxy) is 1. The van der Waals surface area contributed by atoms with Crippen LogP contribution in [-0.4, -0.2) is 9.55 Å². The van der Waals surface area contributed by atoms with Crippen molar-refractivity contribution < 1.29 is 4.74 Å². The molecular weight excluding hydrogens is 296 g/mol. The number of aryl methyl sites for hydroxylation is 1. The van der Waals surface area contributed by atoms with Crippen LogP contribution in [0.15, 0.2) is 39.6 Å². The highest BCUT2D eigenvalue weighted by Crippen LogP contribution is 2.17. The fourth-order valence-corrected chi connectivity index (χ4v) is 1.89. The summed E-state index contributed by atoms with van der Waals surface area (Å²) >= 11 is 3.41. The van der Waals surface area contributed by atoms with Crippen molar-refractivity contribution in [2.45, 2.75) is 20.6 Å². The molecule has 0 bridgehead atoms. The lowest BCUT2D eigenvalue weighted by atomic mass is 10.3. The molecule has 1 aromatic carbocycles. The number of benzene rings is 1. The molecule has 0 atom stereocenters. The molecule has 5 heteroatoms. The molecule has 4 nitrogen and oxygen atoms in total. The van der Waals surface area contributed by atoms with Crippen LogP contribution in [-0.2, 0) is 6.73 Å². The zero-order chi connectivity index (χ0) is 13.1. The Morgan fingerprint density at radius 1 is 1.28 bits per heavy atom. The van der Waals surface area contributed by atoms with Crippen LogP contribution in [0.2, 0.25) is 0 Å². The second-order valence-corrected chi connectivity index (χ2v) is 4.69. The highest BCUT2D eigenvalue weighted by Gasteiger charge is 2.09. The molecule has 1 heterocycles. The number of para-hydroxylation sites is 1. The van der Waals surface area contributed by atoms with E-state index in [-0.39, 0.29) is 12.4 Å². The van der Waals surface area contributed by atoms with Gasteiger partial charge < -0.3 is 4.74 Å². The molecule has 2 aromatic rings. The first-order chi connectivity index (χ1) is 8.59. The summed E-state index contributed by atoms with van der Waals surface area (Å²) in [5.41, 5.74) is 1.20. The molecule has 0 N–H and O–H groups in total. The SMILES string of the molecule is Cc1nc(=O)n(COc2ccccc2)c(C)c1Br. The van der Waals surface area contributed by atoms with Crippen molar-refractivity contribution in [1.82, 2.24) is 9.55 Å². The smallest absolute Gasteiger partial charge is 0.350 e. The lowest BCUT2D eigenvalue weighted by Gasteiger charge is -2.13. The molecule has 0 radical (unpaired) electrons. The Bertz CT molecular complexity index is 608. The molecule has 0 aliphatic carbocycles. The Labute approximate surface area is 113 Å². The van der Waals surface area contributed by atoms with E-state index >= 15 is 0 Å². The predicted molar refractivity (Wildman–Crippen MR) is 72.7 cm³/mol. The van der Waals surface area contributed by atoms with Crippen LogP contribution < -0.4 is 10.4 Å². The quantitative estimate of drug-likeness (QED) is 0.875. The molecule has 1 aromatic heterocycles. The molecule has 0 saturated carbocycles. The first-order valence-corrected chi connectivity index (χ1v) is 6.30. The Morgan fingerprint density at radius 2 is 1.94 bits per heavy atom. The van der Waals surface area contributed by atoms with Crippen molar-refractivity contribution in [1.29, 1.82) is 0 Å². The molecule has 0 amide bonds. The van der Waals surface area contributed by atoms with E-state index in [1.54, 1.807) is 6.92 Å². The number of nitrogens with zero attached hydrogens (tertiary/aromatic N) is 2. The molecular formula is C13H13BrN2O2. The zero-order valence-electron chi connectivity index (χ0n) is 10.2. The van der Waals surface area contributed by atoms with Gasteiger partial charge in [0.2, 0.25) is 0 Å². The molecule has 0 aliphatic heterocycles. The van der Waals surface area contributed by atoms with Crippen LogP contribution in [0.4, 0.5) is 0 Å². The lowest BCUT2D eigenvalue weighted by molar-refractivity contribution is 0.226. The van der Waals surface area contributed by atoms with E-state index in [2.05, 4.69) is 20.9 Å². The summed E-state index contributed by atoms with van der Waals surface area (Å²) in [6.45, 7) is 3.80. The first kappa shape index (κ1) is 12.8. The van der Waals surface area contributed by atoms with Gasteiger partial charge in [-0.2, -0.15) is 4.98 Å². The summed E-state index contributed by atoms with van der Waals surface area (Å²) < 4.78 is 7.87. The fraction of sp³-hybridized carbons (Fsp3) is 0.231. The third kappa shape index (κ3) is 2.61. The third-order valence-electron chi connectivity index (χ3n) is 2.64. The van der Waals surface area contributed by atoms with E-state index < -0.39 is 0 Å². The predicted octanol–water partition coefficient (Wildman–Crippen LogP) is 2.66. The van der Waals surface area contributed by atoms with Gasteiger partial charge in [-0.3, -0.25) is 4.57 Å². The van der Waals surface area contributed by atoms with Crippen molar-refractivity contribution in [2.24, 2.45) is 0 Å². The van der Waals surface area contributed by atoms with Crippen LogP contribution in [0.5, 0.6) is 5.75 Å². The topological polar surface area (TPSA) is 44.1 Å². The average Bonchev–Trinajstić information content (AvgIpc) is 2.37. The summed E-state index contributed by atoms with van der Waals surface area (Å²) in [4.78, 5) is 15.7. The summed E-state index contributed by atoms with van der Waals surface area (Å²) in [5, 5.41) is 0. The standard InChI is InChI=1S/C13H13BrN2O2/c1-9-12(14)10(2)16(13(17)15-9)8-18-11-6-4-3-5-7-11/h3-7H,8H2,1-2H3. The van der Waals surface area contributed by atoms with E-state index in [9.17, 15) is 4.79 Å². The third-order valence-corrected chi connectivity index (χ3v) is 3.79. The van der Waals surface area contributed by atoms with Crippen LogP contribution in [0, 0.1) is 13.8 Å². The monoisotopic (exact) mass is 308 g/mol. The highest BCUT2D eigenvalue weighted by molar-refractivity contribution is 9.10. The van der Waals surface area contributed by atoms with Crippen LogP contribution in [0.25, 0.3) is 0 Å². The molecule has 0 aliphatic rings. The maximum atomic E-state index is 11.8. The fourth-order valence-electron chi connectivity index (χ4n) is 1.58. The van der Waals surface area contributed by atoms with Gasteiger partial charge in [-0.15, -0.1) is 0 Å². The molecule has 0 unspecified atom stereocenters. The van der Waals surface area contributed by atoms with Crippen molar-refractivity contribution in [3.05, 3.63) is 56.7 Å². The molecule has 2 rings (SSSR count). The van der Waals surface area contributed by atoms with Gasteiger partial charge in [-0.1, -0.05) is 18.2 Å². The molecule has 18 heavy (non-hydrogen) atoms. The van der Waals surface area contributed by atoms with Gasteiger partial charge in [0.15, 0.2) is 6.73 Å². The summed E-state index contributed by atoms with van der Waals surface area (Å²) in [6, 6.07) is 9.37.